The largest absolute Gasteiger partial charge is 0.309 e. The number of amidine groups is 1. The number of fused-ring (bicyclic) bond motifs is 8. The highest BCUT2D eigenvalue weighted by molar-refractivity contribution is 7.25. The molecule has 0 aliphatic carbocycles. The van der Waals surface area contributed by atoms with Gasteiger partial charge >= 0.3 is 0 Å². The molecule has 2 heterocycles. The molecular weight excluding hydrogens is 699 g/mol. The standard InChI is InChI=1S/C52H41N3S/c1-4-33(2)51(54-52(53-34(3)35-16-6-5-7-17-35)40-27-26-36-18-8-9-19-37(36)28-40)41-31-47(50-43-23-13-15-25-48(43)56-49(50)32-41)55-45-24-14-12-22-42(45)44-29-38-20-10-11-21-39(38)30-46(44)55/h5-33,51H,4H2,1-3H3/t33-,51?/m1/s1. The Hall–Kier alpha value is -6.36. The zero-order chi connectivity index (χ0) is 37.8. The molecule has 2 aromatic heterocycles. The summed E-state index contributed by atoms with van der Waals surface area (Å²) in [6.45, 7) is 6.71. The van der Waals surface area contributed by atoms with Crippen molar-refractivity contribution in [1.29, 1.82) is 0 Å². The molecule has 0 bridgehead atoms. The zero-order valence-corrected chi connectivity index (χ0v) is 32.6. The number of hydrogen-bond acceptors (Lipinski definition) is 2. The van der Waals surface area contributed by atoms with Crippen LogP contribution >= 0.6 is 11.3 Å². The van der Waals surface area contributed by atoms with Gasteiger partial charge in [0.15, 0.2) is 5.84 Å². The minimum absolute atomic E-state index is 0.143. The lowest BCUT2D eigenvalue weighted by molar-refractivity contribution is 0.459. The first kappa shape index (κ1) is 34.2. The van der Waals surface area contributed by atoms with Gasteiger partial charge in [-0.1, -0.05) is 148 Å². The number of aliphatic imine (C=N–C) groups is 2. The van der Waals surface area contributed by atoms with E-state index in [-0.39, 0.29) is 12.0 Å². The molecule has 56 heavy (non-hydrogen) atoms. The Balaban J connectivity index is 1.26. The van der Waals surface area contributed by atoms with Crippen molar-refractivity contribution in [2.75, 3.05) is 0 Å². The van der Waals surface area contributed by atoms with E-state index >= 15 is 0 Å². The summed E-state index contributed by atoms with van der Waals surface area (Å²) in [7, 11) is 0. The molecule has 2 atom stereocenters. The number of nitrogens with zero attached hydrogens (tertiary/aromatic N) is 3. The van der Waals surface area contributed by atoms with Gasteiger partial charge in [-0.25, -0.2) is 4.99 Å². The molecule has 0 aliphatic rings. The van der Waals surface area contributed by atoms with Crippen LogP contribution in [-0.4, -0.2) is 16.1 Å². The lowest BCUT2D eigenvalue weighted by atomic mass is 9.91. The monoisotopic (exact) mass is 739 g/mol. The van der Waals surface area contributed by atoms with E-state index in [1.54, 1.807) is 0 Å². The van der Waals surface area contributed by atoms with Gasteiger partial charge in [0.2, 0.25) is 0 Å². The molecule has 0 aliphatic heterocycles. The third-order valence-electron chi connectivity index (χ3n) is 11.5. The molecule has 0 saturated heterocycles. The van der Waals surface area contributed by atoms with Crippen LogP contribution in [0.15, 0.2) is 180 Å². The average molecular weight is 740 g/mol. The summed E-state index contributed by atoms with van der Waals surface area (Å²) in [6, 6.07) is 61.5. The predicted molar refractivity (Wildman–Crippen MR) is 243 cm³/mol. The Morgan fingerprint density at radius 2 is 1.23 bits per heavy atom. The first-order valence-electron chi connectivity index (χ1n) is 19.6. The molecule has 3 nitrogen and oxygen atoms in total. The van der Waals surface area contributed by atoms with Crippen molar-refractivity contribution >= 4 is 86.4 Å². The van der Waals surface area contributed by atoms with Crippen LogP contribution < -0.4 is 0 Å². The van der Waals surface area contributed by atoms with Gasteiger partial charge in [-0.05, 0) is 88.0 Å². The molecule has 4 heteroatoms. The van der Waals surface area contributed by atoms with E-state index < -0.39 is 0 Å². The highest BCUT2D eigenvalue weighted by Gasteiger charge is 2.24. The van der Waals surface area contributed by atoms with Crippen molar-refractivity contribution in [2.45, 2.75) is 33.2 Å². The van der Waals surface area contributed by atoms with Crippen LogP contribution in [-0.2, 0) is 0 Å². The number of benzene rings is 8. The van der Waals surface area contributed by atoms with Crippen LogP contribution in [0, 0.1) is 5.92 Å². The van der Waals surface area contributed by atoms with Crippen molar-refractivity contribution in [2.24, 2.45) is 15.9 Å². The van der Waals surface area contributed by atoms with Crippen molar-refractivity contribution in [3.8, 4) is 5.69 Å². The summed E-state index contributed by atoms with van der Waals surface area (Å²) in [5, 5.41) is 9.95. The van der Waals surface area contributed by atoms with Crippen molar-refractivity contribution in [3.63, 3.8) is 0 Å². The smallest absolute Gasteiger partial charge is 0.155 e. The van der Waals surface area contributed by atoms with E-state index in [2.05, 4.69) is 195 Å². The normalized spacial score (nSPS) is 13.8. The topological polar surface area (TPSA) is 29.6 Å². The van der Waals surface area contributed by atoms with Gasteiger partial charge in [0, 0.05) is 42.2 Å². The molecule has 0 spiro atoms. The Bertz CT molecular complexity index is 3160. The molecule has 270 valence electrons. The summed E-state index contributed by atoms with van der Waals surface area (Å²) in [5.74, 6) is 1.00. The molecule has 0 radical (unpaired) electrons. The van der Waals surface area contributed by atoms with E-state index in [9.17, 15) is 0 Å². The minimum Gasteiger partial charge on any atom is -0.309 e. The van der Waals surface area contributed by atoms with Gasteiger partial charge < -0.3 is 4.57 Å². The molecule has 10 rings (SSSR count). The van der Waals surface area contributed by atoms with Gasteiger partial charge in [0.25, 0.3) is 0 Å². The minimum atomic E-state index is -0.143. The zero-order valence-electron chi connectivity index (χ0n) is 31.8. The van der Waals surface area contributed by atoms with Crippen LogP contribution in [0.25, 0.3) is 69.2 Å². The quantitative estimate of drug-likeness (QED) is 0.115. The molecule has 8 aromatic carbocycles. The van der Waals surface area contributed by atoms with Gasteiger partial charge in [-0.15, -0.1) is 11.3 Å². The highest BCUT2D eigenvalue weighted by Crippen LogP contribution is 2.44. The maximum absolute atomic E-state index is 5.73. The Kier molecular flexibility index (Phi) is 8.57. The van der Waals surface area contributed by atoms with E-state index in [0.29, 0.717) is 0 Å². The molecule has 10 aromatic rings. The molecule has 0 fully saturated rings. The Labute approximate surface area is 330 Å². The van der Waals surface area contributed by atoms with Crippen LogP contribution in [0.4, 0.5) is 0 Å². The first-order valence-corrected chi connectivity index (χ1v) is 20.4. The molecular formula is C52H41N3S. The van der Waals surface area contributed by atoms with E-state index in [1.807, 2.05) is 11.3 Å². The van der Waals surface area contributed by atoms with Gasteiger partial charge in [-0.3, -0.25) is 4.99 Å². The van der Waals surface area contributed by atoms with Crippen molar-refractivity contribution < 1.29 is 0 Å². The predicted octanol–water partition coefficient (Wildman–Crippen LogP) is 14.5. The third-order valence-corrected chi connectivity index (χ3v) is 12.6. The van der Waals surface area contributed by atoms with E-state index in [0.717, 1.165) is 29.1 Å². The van der Waals surface area contributed by atoms with Crippen LogP contribution in [0.2, 0.25) is 0 Å². The SMILES string of the molecule is CC[C@@H](C)C(N=C(N=C(C)c1ccccc1)c1ccc2ccccc2c1)c1cc(-n2c3ccccc3c3cc4ccccc4cc32)c2c(c1)sc1ccccc12. The van der Waals surface area contributed by atoms with Gasteiger partial charge in [0.1, 0.15) is 0 Å². The number of thiophene rings is 1. The number of rotatable bonds is 7. The fraction of sp³-hybridized carbons (Fsp3) is 0.115. The van der Waals surface area contributed by atoms with Crippen molar-refractivity contribution in [3.05, 3.63) is 187 Å². The van der Waals surface area contributed by atoms with E-state index in [4.69, 9.17) is 9.98 Å². The summed E-state index contributed by atoms with van der Waals surface area (Å²) >= 11 is 1.87. The fourth-order valence-corrected chi connectivity index (χ4v) is 9.57. The van der Waals surface area contributed by atoms with Crippen LogP contribution in [0.1, 0.15) is 49.9 Å². The van der Waals surface area contributed by atoms with Gasteiger partial charge in [-0.2, -0.15) is 0 Å². The second kappa shape index (κ2) is 14.1. The number of hydrogen-bond donors (Lipinski definition) is 0. The third kappa shape index (κ3) is 5.89. The molecule has 0 saturated carbocycles. The molecule has 0 N–H and O–H groups in total. The maximum atomic E-state index is 5.73. The number of para-hydroxylation sites is 1. The second-order valence-corrected chi connectivity index (χ2v) is 16.1. The summed E-state index contributed by atoms with van der Waals surface area (Å²) < 4.78 is 5.07. The molecule has 0 amide bonds. The summed E-state index contributed by atoms with van der Waals surface area (Å²) in [5.41, 5.74) is 7.86. The van der Waals surface area contributed by atoms with Crippen LogP contribution in [0.3, 0.4) is 0 Å². The summed E-state index contributed by atoms with van der Waals surface area (Å²) in [6.07, 6.45) is 0.974. The van der Waals surface area contributed by atoms with Crippen molar-refractivity contribution in [1.82, 2.24) is 4.57 Å². The fourth-order valence-electron chi connectivity index (χ4n) is 8.40. The lowest BCUT2D eigenvalue weighted by Crippen LogP contribution is -2.12. The van der Waals surface area contributed by atoms with E-state index in [1.165, 1.54) is 74.8 Å². The summed E-state index contributed by atoms with van der Waals surface area (Å²) in [4.78, 5) is 11.1. The Morgan fingerprint density at radius 3 is 2.02 bits per heavy atom. The molecule has 1 unspecified atom stereocenters. The second-order valence-electron chi connectivity index (χ2n) is 15.0. The highest BCUT2D eigenvalue weighted by atomic mass is 32.1. The van der Waals surface area contributed by atoms with Crippen LogP contribution in [0.5, 0.6) is 0 Å². The average Bonchev–Trinajstić information content (AvgIpc) is 3.79. The lowest BCUT2D eigenvalue weighted by Gasteiger charge is -2.23. The Morgan fingerprint density at radius 1 is 0.571 bits per heavy atom. The van der Waals surface area contributed by atoms with Gasteiger partial charge in [0.05, 0.1) is 22.8 Å². The first-order chi connectivity index (χ1) is 27.5. The maximum Gasteiger partial charge on any atom is 0.155 e. The number of aromatic nitrogens is 1.